The van der Waals surface area contributed by atoms with E-state index in [1.54, 1.807) is 11.7 Å². The van der Waals surface area contributed by atoms with Crippen molar-refractivity contribution in [2.75, 3.05) is 19.0 Å². The number of carbonyl (C=O) groups excluding carboxylic acids is 1. The number of nitrogens with zero attached hydrogens (tertiary/aromatic N) is 3. The van der Waals surface area contributed by atoms with E-state index in [1.807, 2.05) is 19.9 Å². The maximum absolute atomic E-state index is 14.6. The van der Waals surface area contributed by atoms with E-state index in [2.05, 4.69) is 41.4 Å². The number of anilines is 1. The van der Waals surface area contributed by atoms with Crippen LogP contribution in [0.2, 0.25) is 0 Å². The number of epoxide rings is 1. The van der Waals surface area contributed by atoms with Crippen molar-refractivity contribution in [1.29, 1.82) is 0 Å². The number of benzene rings is 1. The normalized spacial score (nSPS) is 27.1. The molecule has 1 aliphatic carbocycles. The van der Waals surface area contributed by atoms with Crippen LogP contribution in [0.3, 0.4) is 0 Å². The number of nitrogens with one attached hydrogen (secondary N) is 1. The molecule has 1 N–H and O–H groups in total. The number of ether oxygens (including phenoxy) is 2. The Kier molecular flexibility index (Phi) is 6.01. The van der Waals surface area contributed by atoms with Gasteiger partial charge in [-0.3, -0.25) is 9.48 Å². The Morgan fingerprint density at radius 1 is 1.33 bits per heavy atom. The van der Waals surface area contributed by atoms with Crippen molar-refractivity contribution in [3.63, 3.8) is 0 Å². The molecular formula is C25H33FN4O3. The van der Waals surface area contributed by atoms with Crippen molar-refractivity contribution in [1.82, 2.24) is 14.8 Å². The molecule has 7 nitrogen and oxygen atoms in total. The molecule has 3 aliphatic rings. The quantitative estimate of drug-likeness (QED) is 0.670. The maximum Gasteiger partial charge on any atom is 0.220 e. The van der Waals surface area contributed by atoms with Crippen LogP contribution in [-0.4, -0.2) is 40.3 Å². The Hall–Kier alpha value is -2.84. The van der Waals surface area contributed by atoms with E-state index in [-0.39, 0.29) is 19.2 Å². The number of fused-ring (bicyclic) bond motifs is 1. The SMILES string of the molecule is CC.COC1(c2cc(F)cc3c2C(=O)C(c2ncnn2C)C(C2=CCC(C)(C)C=C2)N3)CO1.[HH]. The number of allylic oxidation sites excluding steroid dienone is 2. The first-order valence-corrected chi connectivity index (χ1v) is 11.3. The summed E-state index contributed by atoms with van der Waals surface area (Å²) in [5.41, 5.74) is 2.25. The number of ketones is 1. The molecule has 8 heteroatoms. The number of halogens is 1. The number of methoxy groups -OCH3 is 1. The molecule has 33 heavy (non-hydrogen) atoms. The molecule has 1 fully saturated rings. The largest absolute Gasteiger partial charge is 0.376 e. The van der Waals surface area contributed by atoms with Gasteiger partial charge < -0.3 is 14.8 Å². The van der Waals surface area contributed by atoms with Gasteiger partial charge in [0.1, 0.15) is 30.5 Å². The first-order chi connectivity index (χ1) is 15.7. The van der Waals surface area contributed by atoms with E-state index in [0.29, 0.717) is 22.6 Å². The highest BCUT2D eigenvalue weighted by Crippen LogP contribution is 2.47. The van der Waals surface area contributed by atoms with E-state index in [9.17, 15) is 9.18 Å². The van der Waals surface area contributed by atoms with Crippen LogP contribution in [0.4, 0.5) is 10.1 Å². The molecule has 2 aliphatic heterocycles. The number of rotatable bonds is 4. The van der Waals surface area contributed by atoms with Gasteiger partial charge in [0.05, 0.1) is 11.6 Å². The topological polar surface area (TPSA) is 81.6 Å². The van der Waals surface area contributed by atoms with Crippen molar-refractivity contribution >= 4 is 11.5 Å². The maximum atomic E-state index is 14.6. The van der Waals surface area contributed by atoms with Crippen molar-refractivity contribution in [3.8, 4) is 0 Å². The Morgan fingerprint density at radius 3 is 2.61 bits per heavy atom. The molecule has 5 rings (SSSR count). The summed E-state index contributed by atoms with van der Waals surface area (Å²) >= 11 is 0. The summed E-state index contributed by atoms with van der Waals surface area (Å²) in [5, 5.41) is 7.60. The molecule has 0 saturated carbocycles. The standard InChI is InChI=1S/C23H25FN4O3.C2H6.H2/c1-22(2)7-5-13(6-8-22)19-18(21-25-12-26-28(21)3)20(29)17-15(23(30-4)11-31-23)9-14(24)10-16(17)27-19;1-2;/h5-7,9-10,12,18-19,27H,8,11H2,1-4H3;1-2H3;1H. The summed E-state index contributed by atoms with van der Waals surface area (Å²) in [6.07, 6.45) is 8.62. The van der Waals surface area contributed by atoms with E-state index >= 15 is 0 Å². The van der Waals surface area contributed by atoms with E-state index in [4.69, 9.17) is 9.47 Å². The highest BCUT2D eigenvalue weighted by molar-refractivity contribution is 6.09. The summed E-state index contributed by atoms with van der Waals surface area (Å²) in [4.78, 5) is 18.3. The number of aryl methyl sites for hydroxylation is 1. The molecule has 1 aromatic carbocycles. The van der Waals surface area contributed by atoms with Crippen LogP contribution in [0, 0.1) is 11.2 Å². The fourth-order valence-electron chi connectivity index (χ4n) is 4.49. The van der Waals surface area contributed by atoms with Crippen LogP contribution in [-0.2, 0) is 22.3 Å². The van der Waals surface area contributed by atoms with Gasteiger partial charge in [0, 0.05) is 26.8 Å². The molecular weight excluding hydrogens is 423 g/mol. The number of Topliss-reactive ketones (excluding diaryl/α,β-unsaturated/α-hetero) is 1. The lowest BCUT2D eigenvalue weighted by Crippen LogP contribution is -2.42. The second kappa shape index (κ2) is 8.50. The highest BCUT2D eigenvalue weighted by Gasteiger charge is 2.52. The van der Waals surface area contributed by atoms with Gasteiger partial charge >= 0.3 is 0 Å². The Labute approximate surface area is 195 Å². The highest BCUT2D eigenvalue weighted by atomic mass is 19.1. The van der Waals surface area contributed by atoms with E-state index < -0.39 is 23.6 Å². The summed E-state index contributed by atoms with van der Waals surface area (Å²) in [7, 11) is 3.26. The zero-order chi connectivity index (χ0) is 24.0. The lowest BCUT2D eigenvalue weighted by Gasteiger charge is -2.37. The fraction of sp³-hybridized carbons (Fsp3) is 0.480. The van der Waals surface area contributed by atoms with Gasteiger partial charge in [0.25, 0.3) is 0 Å². The molecule has 0 spiro atoms. The monoisotopic (exact) mass is 456 g/mol. The average Bonchev–Trinajstić information content (AvgIpc) is 3.49. The minimum Gasteiger partial charge on any atom is -0.376 e. The molecule has 0 radical (unpaired) electrons. The Bertz CT molecular complexity index is 1140. The van der Waals surface area contributed by atoms with Crippen LogP contribution >= 0.6 is 0 Å². The third-order valence-electron chi connectivity index (χ3n) is 6.40. The van der Waals surface area contributed by atoms with Gasteiger partial charge in [-0.15, -0.1) is 0 Å². The molecule has 178 valence electrons. The molecule has 3 atom stereocenters. The zero-order valence-corrected chi connectivity index (χ0v) is 20.0. The summed E-state index contributed by atoms with van der Waals surface area (Å²) in [6, 6.07) is 2.29. The van der Waals surface area contributed by atoms with Gasteiger partial charge in [-0.25, -0.2) is 9.37 Å². The van der Waals surface area contributed by atoms with E-state index in [0.717, 1.165) is 12.0 Å². The van der Waals surface area contributed by atoms with Crippen molar-refractivity contribution in [2.45, 2.75) is 51.9 Å². The summed E-state index contributed by atoms with van der Waals surface area (Å²) in [5.74, 6) is -1.78. The second-order valence-corrected chi connectivity index (χ2v) is 9.06. The third-order valence-corrected chi connectivity index (χ3v) is 6.40. The van der Waals surface area contributed by atoms with Crippen LogP contribution in [0.5, 0.6) is 0 Å². The summed E-state index contributed by atoms with van der Waals surface area (Å²) in [6.45, 7) is 8.59. The minimum absolute atomic E-state index is 0. The van der Waals surface area contributed by atoms with Gasteiger partial charge in [0.15, 0.2) is 5.78 Å². The number of aromatic nitrogens is 3. The van der Waals surface area contributed by atoms with Crippen molar-refractivity contribution in [3.05, 3.63) is 65.0 Å². The van der Waals surface area contributed by atoms with E-state index in [1.165, 1.54) is 25.6 Å². The molecule has 2 aromatic rings. The first kappa shape index (κ1) is 23.3. The van der Waals surface area contributed by atoms with Gasteiger partial charge in [-0.05, 0) is 29.5 Å². The third kappa shape index (κ3) is 4.02. The smallest absolute Gasteiger partial charge is 0.220 e. The lowest BCUT2D eigenvalue weighted by atomic mass is 9.76. The molecule has 3 heterocycles. The minimum atomic E-state index is -1.09. The lowest BCUT2D eigenvalue weighted by molar-refractivity contribution is -0.0146. The molecule has 0 bridgehead atoms. The second-order valence-electron chi connectivity index (χ2n) is 9.06. The predicted octanol–water partition coefficient (Wildman–Crippen LogP) is 4.73. The number of carbonyl (C=O) groups is 1. The summed E-state index contributed by atoms with van der Waals surface area (Å²) < 4.78 is 27.2. The zero-order valence-electron chi connectivity index (χ0n) is 20.0. The molecule has 1 aromatic heterocycles. The van der Waals surface area contributed by atoms with Crippen LogP contribution in [0.15, 0.2) is 42.3 Å². The molecule has 1 saturated heterocycles. The Balaban J connectivity index is 0.00000105. The van der Waals surface area contributed by atoms with Crippen LogP contribution in [0.25, 0.3) is 0 Å². The van der Waals surface area contributed by atoms with Crippen LogP contribution < -0.4 is 5.32 Å². The fourth-order valence-corrected chi connectivity index (χ4v) is 4.49. The van der Waals surface area contributed by atoms with Crippen LogP contribution in [0.1, 0.15) is 63.2 Å². The predicted molar refractivity (Wildman–Crippen MR) is 126 cm³/mol. The van der Waals surface area contributed by atoms with Crippen molar-refractivity contribution in [2.24, 2.45) is 12.5 Å². The van der Waals surface area contributed by atoms with Crippen molar-refractivity contribution < 1.29 is 20.1 Å². The number of hydrogen-bond acceptors (Lipinski definition) is 6. The first-order valence-electron chi connectivity index (χ1n) is 11.3. The van der Waals surface area contributed by atoms with Gasteiger partial charge in [-0.2, -0.15) is 5.10 Å². The number of hydrogen-bond donors (Lipinski definition) is 1. The van der Waals surface area contributed by atoms with Gasteiger partial charge in [-0.1, -0.05) is 45.9 Å². The average molecular weight is 457 g/mol. The molecule has 0 amide bonds. The molecule has 3 unspecified atom stereocenters. The Morgan fingerprint density at radius 2 is 2.06 bits per heavy atom. The van der Waals surface area contributed by atoms with Gasteiger partial charge in [0.2, 0.25) is 5.79 Å².